The monoisotopic (exact) mass is 300 g/mol. The van der Waals surface area contributed by atoms with Crippen LogP contribution in [0.4, 0.5) is 11.5 Å². The van der Waals surface area contributed by atoms with Gasteiger partial charge in [0.05, 0.1) is 25.6 Å². The van der Waals surface area contributed by atoms with Crippen molar-refractivity contribution in [2.24, 2.45) is 0 Å². The standard InChI is InChI=1S/C15H16N4O3/c1-4-10-13-14(16-8-17-15(13)22-19-10)18-11-6-5-9(20-2)7-12(11)21-3/h5-8H,4H2,1-3H3,(H,16,17,18). The second kappa shape index (κ2) is 5.88. The smallest absolute Gasteiger partial charge is 0.263 e. The molecular formula is C15H16N4O3. The number of anilines is 2. The molecular weight excluding hydrogens is 284 g/mol. The lowest BCUT2D eigenvalue weighted by molar-refractivity contribution is 0.395. The van der Waals surface area contributed by atoms with Gasteiger partial charge in [0, 0.05) is 6.07 Å². The van der Waals surface area contributed by atoms with Crippen molar-refractivity contribution < 1.29 is 14.0 Å². The molecule has 0 fully saturated rings. The summed E-state index contributed by atoms with van der Waals surface area (Å²) in [5.74, 6) is 2.00. The Balaban J connectivity index is 2.05. The van der Waals surface area contributed by atoms with Gasteiger partial charge in [-0.05, 0) is 18.6 Å². The average molecular weight is 300 g/mol. The third-order valence-electron chi connectivity index (χ3n) is 3.34. The molecule has 3 rings (SSSR count). The number of fused-ring (bicyclic) bond motifs is 1. The first-order valence-electron chi connectivity index (χ1n) is 6.85. The van der Waals surface area contributed by atoms with E-state index in [4.69, 9.17) is 14.0 Å². The molecule has 1 N–H and O–H groups in total. The summed E-state index contributed by atoms with van der Waals surface area (Å²) in [5.41, 5.74) is 2.04. The number of nitrogens with zero attached hydrogens (tertiary/aromatic N) is 3. The number of nitrogens with one attached hydrogen (secondary N) is 1. The SMILES string of the molecule is CCc1noc2ncnc(Nc3ccc(OC)cc3OC)c12. The third kappa shape index (κ3) is 2.41. The summed E-state index contributed by atoms with van der Waals surface area (Å²) in [4.78, 5) is 8.38. The van der Waals surface area contributed by atoms with Gasteiger partial charge < -0.3 is 19.3 Å². The summed E-state index contributed by atoms with van der Waals surface area (Å²) in [6.07, 6.45) is 2.17. The normalized spacial score (nSPS) is 10.7. The molecule has 0 bridgehead atoms. The van der Waals surface area contributed by atoms with Gasteiger partial charge in [0.1, 0.15) is 29.0 Å². The van der Waals surface area contributed by atoms with Crippen molar-refractivity contribution in [3.63, 3.8) is 0 Å². The fourth-order valence-electron chi connectivity index (χ4n) is 2.21. The largest absolute Gasteiger partial charge is 0.497 e. The van der Waals surface area contributed by atoms with E-state index in [0.717, 1.165) is 28.9 Å². The molecule has 0 spiro atoms. The van der Waals surface area contributed by atoms with E-state index in [9.17, 15) is 0 Å². The molecule has 0 atom stereocenters. The van der Waals surface area contributed by atoms with E-state index in [-0.39, 0.29) is 0 Å². The minimum absolute atomic E-state index is 0.460. The van der Waals surface area contributed by atoms with Crippen molar-refractivity contribution in [1.29, 1.82) is 0 Å². The number of aromatic nitrogens is 3. The van der Waals surface area contributed by atoms with Crippen LogP contribution in [0, 0.1) is 0 Å². The summed E-state index contributed by atoms with van der Waals surface area (Å²) >= 11 is 0. The summed E-state index contributed by atoms with van der Waals surface area (Å²) in [6, 6.07) is 5.51. The van der Waals surface area contributed by atoms with E-state index in [0.29, 0.717) is 17.3 Å². The molecule has 0 unspecified atom stereocenters. The first-order chi connectivity index (χ1) is 10.8. The van der Waals surface area contributed by atoms with Gasteiger partial charge in [-0.15, -0.1) is 0 Å². The second-order valence-electron chi connectivity index (χ2n) is 4.58. The van der Waals surface area contributed by atoms with Crippen molar-refractivity contribution in [2.75, 3.05) is 19.5 Å². The van der Waals surface area contributed by atoms with Crippen molar-refractivity contribution in [2.45, 2.75) is 13.3 Å². The first kappa shape index (κ1) is 14.1. The van der Waals surface area contributed by atoms with Crippen molar-refractivity contribution in [3.8, 4) is 11.5 Å². The molecule has 3 aromatic rings. The highest BCUT2D eigenvalue weighted by molar-refractivity contribution is 5.90. The zero-order valence-electron chi connectivity index (χ0n) is 12.6. The van der Waals surface area contributed by atoms with Gasteiger partial charge in [-0.2, -0.15) is 4.98 Å². The Morgan fingerprint density at radius 1 is 1.18 bits per heavy atom. The fourth-order valence-corrected chi connectivity index (χ4v) is 2.21. The highest BCUT2D eigenvalue weighted by Gasteiger charge is 2.15. The van der Waals surface area contributed by atoms with Crippen LogP contribution in [-0.4, -0.2) is 29.3 Å². The van der Waals surface area contributed by atoms with Gasteiger partial charge in [-0.3, -0.25) is 0 Å². The van der Waals surface area contributed by atoms with Crippen LogP contribution in [0.5, 0.6) is 11.5 Å². The van der Waals surface area contributed by atoms with Crippen LogP contribution in [0.3, 0.4) is 0 Å². The molecule has 0 saturated carbocycles. The zero-order chi connectivity index (χ0) is 15.5. The van der Waals surface area contributed by atoms with Crippen molar-refractivity contribution in [1.82, 2.24) is 15.1 Å². The van der Waals surface area contributed by atoms with Gasteiger partial charge in [-0.25, -0.2) is 4.98 Å². The molecule has 0 amide bonds. The predicted molar refractivity (Wildman–Crippen MR) is 81.8 cm³/mol. The molecule has 2 heterocycles. The molecule has 0 saturated heterocycles. The quantitative estimate of drug-likeness (QED) is 0.775. The van der Waals surface area contributed by atoms with E-state index in [2.05, 4.69) is 20.4 Å². The zero-order valence-corrected chi connectivity index (χ0v) is 12.6. The minimum atomic E-state index is 0.460. The summed E-state index contributed by atoms with van der Waals surface area (Å²) in [7, 11) is 3.22. The van der Waals surface area contributed by atoms with E-state index in [1.54, 1.807) is 20.3 Å². The van der Waals surface area contributed by atoms with Crippen LogP contribution in [0.25, 0.3) is 11.1 Å². The van der Waals surface area contributed by atoms with Crippen molar-refractivity contribution in [3.05, 3.63) is 30.2 Å². The minimum Gasteiger partial charge on any atom is -0.497 e. The highest BCUT2D eigenvalue weighted by atomic mass is 16.5. The number of methoxy groups -OCH3 is 2. The maximum atomic E-state index is 5.39. The lowest BCUT2D eigenvalue weighted by Crippen LogP contribution is -1.99. The van der Waals surface area contributed by atoms with Crippen LogP contribution in [-0.2, 0) is 6.42 Å². The highest BCUT2D eigenvalue weighted by Crippen LogP contribution is 2.33. The Morgan fingerprint density at radius 2 is 2.05 bits per heavy atom. The van der Waals surface area contributed by atoms with Crippen LogP contribution in [0.15, 0.2) is 29.0 Å². The van der Waals surface area contributed by atoms with E-state index >= 15 is 0 Å². The van der Waals surface area contributed by atoms with Gasteiger partial charge >= 0.3 is 0 Å². The van der Waals surface area contributed by atoms with Gasteiger partial charge in [-0.1, -0.05) is 12.1 Å². The Labute approximate surface area is 127 Å². The summed E-state index contributed by atoms with van der Waals surface area (Å²) in [6.45, 7) is 2.00. The molecule has 0 aliphatic heterocycles. The Bertz CT molecular complexity index is 801. The third-order valence-corrected chi connectivity index (χ3v) is 3.34. The van der Waals surface area contributed by atoms with E-state index < -0.39 is 0 Å². The number of benzene rings is 1. The van der Waals surface area contributed by atoms with Crippen LogP contribution < -0.4 is 14.8 Å². The molecule has 22 heavy (non-hydrogen) atoms. The Kier molecular flexibility index (Phi) is 3.78. The van der Waals surface area contributed by atoms with Crippen LogP contribution in [0.1, 0.15) is 12.6 Å². The average Bonchev–Trinajstić information content (AvgIpc) is 2.99. The maximum Gasteiger partial charge on any atom is 0.263 e. The molecule has 7 heteroatoms. The lowest BCUT2D eigenvalue weighted by Gasteiger charge is -2.12. The summed E-state index contributed by atoms with van der Waals surface area (Å²) < 4.78 is 15.8. The molecule has 2 aromatic heterocycles. The number of hydrogen-bond donors (Lipinski definition) is 1. The molecule has 0 aliphatic rings. The lowest BCUT2D eigenvalue weighted by atomic mass is 10.2. The molecule has 0 radical (unpaired) electrons. The van der Waals surface area contributed by atoms with E-state index in [1.807, 2.05) is 19.1 Å². The number of ether oxygens (including phenoxy) is 2. The number of hydrogen-bond acceptors (Lipinski definition) is 7. The Hall–Kier alpha value is -2.83. The van der Waals surface area contributed by atoms with Crippen molar-refractivity contribution >= 4 is 22.6 Å². The van der Waals surface area contributed by atoms with Crippen LogP contribution in [0.2, 0.25) is 0 Å². The molecule has 1 aromatic carbocycles. The van der Waals surface area contributed by atoms with Gasteiger partial charge in [0.2, 0.25) is 0 Å². The number of rotatable bonds is 5. The van der Waals surface area contributed by atoms with Crippen LogP contribution >= 0.6 is 0 Å². The predicted octanol–water partition coefficient (Wildman–Crippen LogP) is 2.94. The Morgan fingerprint density at radius 3 is 2.77 bits per heavy atom. The summed E-state index contributed by atoms with van der Waals surface area (Å²) in [5, 5.41) is 8.04. The first-order valence-corrected chi connectivity index (χ1v) is 6.85. The van der Waals surface area contributed by atoms with Gasteiger partial charge in [0.15, 0.2) is 0 Å². The fraction of sp³-hybridized carbons (Fsp3) is 0.267. The van der Waals surface area contributed by atoms with E-state index in [1.165, 1.54) is 6.33 Å². The maximum absolute atomic E-state index is 5.39. The van der Waals surface area contributed by atoms with Gasteiger partial charge in [0.25, 0.3) is 5.71 Å². The second-order valence-corrected chi connectivity index (χ2v) is 4.58. The number of aryl methyl sites for hydroxylation is 1. The molecule has 114 valence electrons. The molecule has 7 nitrogen and oxygen atoms in total. The molecule has 0 aliphatic carbocycles. The topological polar surface area (TPSA) is 82.3 Å².